The lowest BCUT2D eigenvalue weighted by molar-refractivity contribution is -0.143. The average molecular weight is 356 g/mol. The van der Waals surface area contributed by atoms with Gasteiger partial charge in [0.05, 0.1) is 25.3 Å². The van der Waals surface area contributed by atoms with Crippen molar-refractivity contribution in [2.75, 3.05) is 19.9 Å². The maximum Gasteiger partial charge on any atom is 0.307 e. The van der Waals surface area contributed by atoms with Crippen molar-refractivity contribution in [1.29, 1.82) is 0 Å². The number of nitrogens with zero attached hydrogens (tertiary/aromatic N) is 2. The van der Waals surface area contributed by atoms with E-state index in [1.54, 1.807) is 36.2 Å². The van der Waals surface area contributed by atoms with Crippen LogP contribution in [0.5, 0.6) is 11.5 Å². The fraction of sp³-hybridized carbons (Fsp3) is 0.316. The number of hydrogen-bond donors (Lipinski definition) is 0. The van der Waals surface area contributed by atoms with Gasteiger partial charge in [0.25, 0.3) is 5.91 Å². The quantitative estimate of drug-likeness (QED) is 0.709. The Kier molecular flexibility index (Phi) is 5.68. The zero-order valence-corrected chi connectivity index (χ0v) is 14.5. The maximum atomic E-state index is 13.0. The van der Waals surface area contributed by atoms with Crippen LogP contribution in [0.3, 0.4) is 0 Å². The van der Waals surface area contributed by atoms with E-state index in [2.05, 4.69) is 4.98 Å². The number of rotatable bonds is 7. The first-order valence-electron chi connectivity index (χ1n) is 8.42. The van der Waals surface area contributed by atoms with Crippen LogP contribution in [-0.4, -0.2) is 41.7 Å². The van der Waals surface area contributed by atoms with E-state index < -0.39 is 0 Å². The van der Waals surface area contributed by atoms with Crippen molar-refractivity contribution in [2.24, 2.45) is 0 Å². The second-order valence-corrected chi connectivity index (χ2v) is 5.67. The highest BCUT2D eigenvalue weighted by Gasteiger charge is 2.21. The third-order valence-electron chi connectivity index (χ3n) is 3.88. The number of aromatic nitrogens is 1. The van der Waals surface area contributed by atoms with Crippen LogP contribution in [-0.2, 0) is 16.1 Å². The van der Waals surface area contributed by atoms with Crippen molar-refractivity contribution < 1.29 is 23.8 Å². The largest absolute Gasteiger partial charge is 0.466 e. The summed E-state index contributed by atoms with van der Waals surface area (Å²) >= 11 is 0. The summed E-state index contributed by atoms with van der Waals surface area (Å²) in [7, 11) is 0. The van der Waals surface area contributed by atoms with Crippen LogP contribution in [0, 0.1) is 0 Å². The first-order chi connectivity index (χ1) is 12.7. The van der Waals surface area contributed by atoms with E-state index in [4.69, 9.17) is 14.2 Å². The topological polar surface area (TPSA) is 78.0 Å². The molecule has 0 radical (unpaired) electrons. The molecule has 0 N–H and O–H groups in total. The standard InChI is InChI=1S/C19H20N2O5/c1-2-24-18(22)8-10-21(12-15-5-3-4-9-20-15)19(23)14-6-7-16-17(11-14)26-13-25-16/h3-7,9,11H,2,8,10,12-13H2,1H3. The van der Waals surface area contributed by atoms with Crippen LogP contribution in [0.2, 0.25) is 0 Å². The van der Waals surface area contributed by atoms with E-state index in [-0.39, 0.29) is 31.6 Å². The summed E-state index contributed by atoms with van der Waals surface area (Å²) in [5, 5.41) is 0. The summed E-state index contributed by atoms with van der Waals surface area (Å²) in [6, 6.07) is 10.6. The molecule has 1 aromatic carbocycles. The lowest BCUT2D eigenvalue weighted by Gasteiger charge is -2.22. The Labute approximate surface area is 151 Å². The van der Waals surface area contributed by atoms with Gasteiger partial charge in [-0.05, 0) is 37.3 Å². The van der Waals surface area contributed by atoms with Crippen molar-refractivity contribution in [2.45, 2.75) is 19.9 Å². The van der Waals surface area contributed by atoms with Crippen LogP contribution in [0.1, 0.15) is 29.4 Å². The van der Waals surface area contributed by atoms with Crippen LogP contribution in [0.25, 0.3) is 0 Å². The predicted molar refractivity (Wildman–Crippen MR) is 92.8 cm³/mol. The number of carbonyl (C=O) groups excluding carboxylic acids is 2. The third kappa shape index (κ3) is 4.30. The zero-order valence-electron chi connectivity index (χ0n) is 14.5. The van der Waals surface area contributed by atoms with Gasteiger partial charge in [-0.3, -0.25) is 14.6 Å². The number of esters is 1. The van der Waals surface area contributed by atoms with Gasteiger partial charge in [-0.25, -0.2) is 0 Å². The Morgan fingerprint density at radius 3 is 2.81 bits per heavy atom. The van der Waals surface area contributed by atoms with Gasteiger partial charge in [-0.2, -0.15) is 0 Å². The van der Waals surface area contributed by atoms with Gasteiger partial charge < -0.3 is 19.1 Å². The van der Waals surface area contributed by atoms with E-state index in [0.717, 1.165) is 5.69 Å². The Morgan fingerprint density at radius 1 is 1.19 bits per heavy atom. The smallest absolute Gasteiger partial charge is 0.307 e. The Bertz CT molecular complexity index is 779. The number of fused-ring (bicyclic) bond motifs is 1. The van der Waals surface area contributed by atoms with Gasteiger partial charge in [0.2, 0.25) is 6.79 Å². The van der Waals surface area contributed by atoms with Crippen molar-refractivity contribution in [3.8, 4) is 11.5 Å². The lowest BCUT2D eigenvalue weighted by Crippen LogP contribution is -2.33. The number of amides is 1. The summed E-state index contributed by atoms with van der Waals surface area (Å²) < 4.78 is 15.6. The molecule has 0 aliphatic carbocycles. The summed E-state index contributed by atoms with van der Waals surface area (Å²) in [6.45, 7) is 2.75. The Morgan fingerprint density at radius 2 is 2.04 bits per heavy atom. The van der Waals surface area contributed by atoms with Crippen LogP contribution >= 0.6 is 0 Å². The van der Waals surface area contributed by atoms with Crippen molar-refractivity contribution in [1.82, 2.24) is 9.88 Å². The van der Waals surface area contributed by atoms with Gasteiger partial charge >= 0.3 is 5.97 Å². The molecule has 0 atom stereocenters. The van der Waals surface area contributed by atoms with E-state index in [9.17, 15) is 9.59 Å². The van der Waals surface area contributed by atoms with E-state index >= 15 is 0 Å². The SMILES string of the molecule is CCOC(=O)CCN(Cc1ccccn1)C(=O)c1ccc2c(c1)OCO2. The second-order valence-electron chi connectivity index (χ2n) is 5.67. The Balaban J connectivity index is 1.76. The highest BCUT2D eigenvalue weighted by molar-refractivity contribution is 5.95. The number of hydrogen-bond acceptors (Lipinski definition) is 6. The van der Waals surface area contributed by atoms with Gasteiger partial charge in [-0.15, -0.1) is 0 Å². The minimum Gasteiger partial charge on any atom is -0.466 e. The average Bonchev–Trinajstić information content (AvgIpc) is 3.13. The summed E-state index contributed by atoms with van der Waals surface area (Å²) in [4.78, 5) is 30.5. The molecule has 1 amide bonds. The number of carbonyl (C=O) groups is 2. The van der Waals surface area contributed by atoms with Crippen LogP contribution in [0.4, 0.5) is 0 Å². The fourth-order valence-corrected chi connectivity index (χ4v) is 2.61. The molecular formula is C19H20N2O5. The fourth-order valence-electron chi connectivity index (χ4n) is 2.61. The molecule has 1 aliphatic rings. The Hall–Kier alpha value is -3.09. The lowest BCUT2D eigenvalue weighted by atomic mass is 10.1. The van der Waals surface area contributed by atoms with Crippen molar-refractivity contribution in [3.05, 3.63) is 53.9 Å². The minimum atomic E-state index is -0.336. The molecule has 2 aromatic rings. The predicted octanol–water partition coefficient (Wildman–Crippen LogP) is 2.41. The molecule has 0 saturated heterocycles. The molecule has 3 rings (SSSR count). The van der Waals surface area contributed by atoms with Gasteiger partial charge in [0.15, 0.2) is 11.5 Å². The van der Waals surface area contributed by atoms with Gasteiger partial charge in [-0.1, -0.05) is 6.07 Å². The molecule has 0 spiro atoms. The normalized spacial score (nSPS) is 11.9. The third-order valence-corrected chi connectivity index (χ3v) is 3.88. The van der Waals surface area contributed by atoms with E-state index in [1.807, 2.05) is 18.2 Å². The summed E-state index contributed by atoms with van der Waals surface area (Å²) in [5.41, 5.74) is 1.21. The van der Waals surface area contributed by atoms with Crippen LogP contribution < -0.4 is 9.47 Å². The maximum absolute atomic E-state index is 13.0. The van der Waals surface area contributed by atoms with Crippen LogP contribution in [0.15, 0.2) is 42.6 Å². The molecule has 0 unspecified atom stereocenters. The molecule has 1 aromatic heterocycles. The van der Waals surface area contributed by atoms with E-state index in [0.29, 0.717) is 30.2 Å². The zero-order chi connectivity index (χ0) is 18.4. The minimum absolute atomic E-state index is 0.122. The molecule has 0 bridgehead atoms. The summed E-state index contributed by atoms with van der Waals surface area (Å²) in [5.74, 6) is 0.610. The molecule has 136 valence electrons. The number of pyridine rings is 1. The molecule has 0 saturated carbocycles. The monoisotopic (exact) mass is 356 g/mol. The molecule has 7 heteroatoms. The first-order valence-corrected chi connectivity index (χ1v) is 8.42. The highest BCUT2D eigenvalue weighted by atomic mass is 16.7. The number of benzene rings is 1. The molecule has 2 heterocycles. The van der Waals surface area contributed by atoms with Crippen molar-refractivity contribution >= 4 is 11.9 Å². The van der Waals surface area contributed by atoms with Crippen molar-refractivity contribution in [3.63, 3.8) is 0 Å². The molecule has 26 heavy (non-hydrogen) atoms. The first kappa shape index (κ1) is 17.7. The second kappa shape index (κ2) is 8.33. The molecular weight excluding hydrogens is 336 g/mol. The molecule has 0 fully saturated rings. The summed E-state index contributed by atoms with van der Waals surface area (Å²) in [6.07, 6.45) is 1.79. The van der Waals surface area contributed by atoms with Gasteiger partial charge in [0.1, 0.15) is 0 Å². The molecule has 7 nitrogen and oxygen atoms in total. The van der Waals surface area contributed by atoms with Gasteiger partial charge in [0, 0.05) is 18.3 Å². The van der Waals surface area contributed by atoms with E-state index in [1.165, 1.54) is 0 Å². The molecule has 1 aliphatic heterocycles. The number of ether oxygens (including phenoxy) is 3. The highest BCUT2D eigenvalue weighted by Crippen LogP contribution is 2.32.